The zero-order valence-corrected chi connectivity index (χ0v) is 11.8. The van der Waals surface area contributed by atoms with Gasteiger partial charge in [0.25, 0.3) is 5.91 Å². The maximum Gasteiger partial charge on any atom is 0.276 e. The summed E-state index contributed by atoms with van der Waals surface area (Å²) >= 11 is 0. The number of carbonyl (C=O) groups excluding carboxylic acids is 1. The van der Waals surface area contributed by atoms with E-state index in [2.05, 4.69) is 9.88 Å². The van der Waals surface area contributed by atoms with Gasteiger partial charge in [0.05, 0.1) is 24.8 Å². The van der Waals surface area contributed by atoms with Crippen LogP contribution < -0.4 is 14.5 Å². The molecule has 108 valence electrons. The van der Waals surface area contributed by atoms with Crippen LogP contribution in [0.25, 0.3) is 0 Å². The first-order chi connectivity index (χ1) is 10.3. The standard InChI is InChI=1S/C15H16N4O2/c1-17-10-16-9-12(17)15(20)19-6-5-18-7-8-21-13-4-2-3-11(19)14(13)18/h2-4,9-10H,5-8H2,1H3. The maximum absolute atomic E-state index is 12.8. The molecule has 1 aromatic heterocycles. The summed E-state index contributed by atoms with van der Waals surface area (Å²) in [5, 5.41) is 0. The van der Waals surface area contributed by atoms with Crippen molar-refractivity contribution in [1.29, 1.82) is 0 Å². The van der Waals surface area contributed by atoms with E-state index in [1.54, 1.807) is 17.1 Å². The summed E-state index contributed by atoms with van der Waals surface area (Å²) in [5.41, 5.74) is 2.55. The Balaban J connectivity index is 1.79. The smallest absolute Gasteiger partial charge is 0.276 e. The second-order valence-corrected chi connectivity index (χ2v) is 5.31. The van der Waals surface area contributed by atoms with Gasteiger partial charge >= 0.3 is 0 Å². The van der Waals surface area contributed by atoms with E-state index in [0.29, 0.717) is 18.8 Å². The SMILES string of the molecule is Cn1cncc1C(=O)N1CCN2CCOc3cccc1c32. The summed E-state index contributed by atoms with van der Waals surface area (Å²) < 4.78 is 7.47. The first-order valence-electron chi connectivity index (χ1n) is 7.04. The molecule has 21 heavy (non-hydrogen) atoms. The highest BCUT2D eigenvalue weighted by Gasteiger charge is 2.32. The molecule has 0 N–H and O–H groups in total. The first-order valence-corrected chi connectivity index (χ1v) is 7.04. The van der Waals surface area contributed by atoms with Crippen LogP contribution in [0.2, 0.25) is 0 Å². The summed E-state index contributed by atoms with van der Waals surface area (Å²) in [7, 11) is 1.83. The molecule has 1 amide bonds. The Labute approximate surface area is 122 Å². The van der Waals surface area contributed by atoms with E-state index in [1.165, 1.54) is 0 Å². The van der Waals surface area contributed by atoms with Gasteiger partial charge in [-0.1, -0.05) is 6.07 Å². The highest BCUT2D eigenvalue weighted by Crippen LogP contribution is 2.42. The van der Waals surface area contributed by atoms with Crippen LogP contribution >= 0.6 is 0 Å². The Bertz CT molecular complexity index is 709. The van der Waals surface area contributed by atoms with Gasteiger partial charge in [-0.2, -0.15) is 0 Å². The molecule has 2 aromatic rings. The summed E-state index contributed by atoms with van der Waals surface area (Å²) in [6.07, 6.45) is 3.26. The average molecular weight is 284 g/mol. The lowest BCUT2D eigenvalue weighted by Gasteiger charge is -2.40. The number of amides is 1. The minimum Gasteiger partial charge on any atom is -0.489 e. The molecule has 0 aliphatic carbocycles. The number of aryl methyl sites for hydroxylation is 1. The number of nitrogens with zero attached hydrogens (tertiary/aromatic N) is 4. The monoisotopic (exact) mass is 284 g/mol. The molecule has 0 saturated carbocycles. The van der Waals surface area contributed by atoms with Crippen molar-refractivity contribution < 1.29 is 9.53 Å². The zero-order valence-electron chi connectivity index (χ0n) is 11.8. The van der Waals surface area contributed by atoms with Gasteiger partial charge in [-0.05, 0) is 12.1 Å². The number of carbonyl (C=O) groups is 1. The molecule has 2 aliphatic rings. The van der Waals surface area contributed by atoms with E-state index in [-0.39, 0.29) is 5.91 Å². The molecule has 3 heterocycles. The Kier molecular flexibility index (Phi) is 2.63. The van der Waals surface area contributed by atoms with Crippen molar-refractivity contribution >= 4 is 17.3 Å². The van der Waals surface area contributed by atoms with Crippen LogP contribution in [0.3, 0.4) is 0 Å². The zero-order chi connectivity index (χ0) is 14.4. The van der Waals surface area contributed by atoms with Crippen molar-refractivity contribution in [3.05, 3.63) is 36.4 Å². The minimum atomic E-state index is -0.0198. The van der Waals surface area contributed by atoms with E-state index in [1.807, 2.05) is 30.1 Å². The molecule has 0 radical (unpaired) electrons. The predicted molar refractivity (Wildman–Crippen MR) is 79.0 cm³/mol. The molecule has 0 saturated heterocycles. The van der Waals surface area contributed by atoms with Crippen LogP contribution in [-0.2, 0) is 7.05 Å². The van der Waals surface area contributed by atoms with Crippen LogP contribution in [0.5, 0.6) is 5.75 Å². The van der Waals surface area contributed by atoms with Gasteiger partial charge in [-0.25, -0.2) is 4.98 Å². The fourth-order valence-electron chi connectivity index (χ4n) is 3.02. The molecular formula is C15H16N4O2. The van der Waals surface area contributed by atoms with Crippen molar-refractivity contribution in [1.82, 2.24) is 9.55 Å². The number of para-hydroxylation sites is 1. The van der Waals surface area contributed by atoms with Crippen LogP contribution in [0.15, 0.2) is 30.7 Å². The third-order valence-corrected chi connectivity index (χ3v) is 4.08. The number of rotatable bonds is 1. The number of hydrogen-bond donors (Lipinski definition) is 0. The molecule has 4 rings (SSSR count). The van der Waals surface area contributed by atoms with Crippen LogP contribution in [0.4, 0.5) is 11.4 Å². The third-order valence-electron chi connectivity index (χ3n) is 4.08. The molecule has 1 aromatic carbocycles. The van der Waals surface area contributed by atoms with Crippen molar-refractivity contribution in [3.8, 4) is 5.75 Å². The molecule has 0 bridgehead atoms. The molecule has 0 unspecified atom stereocenters. The fourth-order valence-corrected chi connectivity index (χ4v) is 3.02. The average Bonchev–Trinajstić information content (AvgIpc) is 2.94. The molecule has 6 heteroatoms. The van der Waals surface area contributed by atoms with Gasteiger partial charge in [0.2, 0.25) is 0 Å². The summed E-state index contributed by atoms with van der Waals surface area (Å²) in [6.45, 7) is 3.08. The second-order valence-electron chi connectivity index (χ2n) is 5.31. The van der Waals surface area contributed by atoms with Gasteiger partial charge in [0.1, 0.15) is 23.7 Å². The number of hydrogen-bond acceptors (Lipinski definition) is 4. The van der Waals surface area contributed by atoms with Crippen LogP contribution in [0, 0.1) is 0 Å². The van der Waals surface area contributed by atoms with Gasteiger partial charge in [-0.3, -0.25) is 4.79 Å². The van der Waals surface area contributed by atoms with E-state index >= 15 is 0 Å². The van der Waals surface area contributed by atoms with E-state index < -0.39 is 0 Å². The van der Waals surface area contributed by atoms with E-state index in [4.69, 9.17) is 4.74 Å². The second kappa shape index (κ2) is 4.51. The lowest BCUT2D eigenvalue weighted by Crippen LogP contribution is -2.47. The Morgan fingerprint density at radius 2 is 2.19 bits per heavy atom. The topological polar surface area (TPSA) is 50.6 Å². The Morgan fingerprint density at radius 3 is 3.00 bits per heavy atom. The van der Waals surface area contributed by atoms with Gasteiger partial charge in [0.15, 0.2) is 0 Å². The van der Waals surface area contributed by atoms with E-state index in [0.717, 1.165) is 30.2 Å². The molecule has 0 spiro atoms. The number of anilines is 2. The summed E-state index contributed by atoms with van der Waals surface area (Å²) in [4.78, 5) is 20.9. The molecule has 0 atom stereocenters. The normalized spacial score (nSPS) is 16.4. The molecule has 0 fully saturated rings. The van der Waals surface area contributed by atoms with Crippen LogP contribution in [-0.4, -0.2) is 41.7 Å². The largest absolute Gasteiger partial charge is 0.489 e. The highest BCUT2D eigenvalue weighted by atomic mass is 16.5. The lowest BCUT2D eigenvalue weighted by molar-refractivity contribution is 0.0978. The number of ether oxygens (including phenoxy) is 1. The highest BCUT2D eigenvalue weighted by molar-refractivity contribution is 6.08. The predicted octanol–water partition coefficient (Wildman–Crippen LogP) is 1.28. The Hall–Kier alpha value is -2.50. The van der Waals surface area contributed by atoms with Crippen LogP contribution in [0.1, 0.15) is 10.5 Å². The molecular weight excluding hydrogens is 268 g/mol. The quantitative estimate of drug-likeness (QED) is 0.791. The number of benzene rings is 1. The van der Waals surface area contributed by atoms with Crippen molar-refractivity contribution in [2.24, 2.45) is 7.05 Å². The summed E-state index contributed by atoms with van der Waals surface area (Å²) in [6, 6.07) is 5.88. The van der Waals surface area contributed by atoms with Crippen molar-refractivity contribution in [2.45, 2.75) is 0 Å². The third kappa shape index (κ3) is 1.79. The summed E-state index contributed by atoms with van der Waals surface area (Å²) in [5.74, 6) is 0.842. The maximum atomic E-state index is 12.8. The number of imidazole rings is 1. The lowest BCUT2D eigenvalue weighted by atomic mass is 10.1. The van der Waals surface area contributed by atoms with Gasteiger partial charge in [0, 0.05) is 20.1 Å². The van der Waals surface area contributed by atoms with E-state index in [9.17, 15) is 4.79 Å². The first kappa shape index (κ1) is 12.3. The van der Waals surface area contributed by atoms with Gasteiger partial charge < -0.3 is 19.1 Å². The fraction of sp³-hybridized carbons (Fsp3) is 0.333. The number of aromatic nitrogens is 2. The Morgan fingerprint density at radius 1 is 1.29 bits per heavy atom. The van der Waals surface area contributed by atoms with Crippen molar-refractivity contribution in [2.75, 3.05) is 36.0 Å². The molecule has 2 aliphatic heterocycles. The van der Waals surface area contributed by atoms with Gasteiger partial charge in [-0.15, -0.1) is 0 Å². The molecule has 6 nitrogen and oxygen atoms in total. The minimum absolute atomic E-state index is 0.0198. The van der Waals surface area contributed by atoms with Crippen molar-refractivity contribution in [3.63, 3.8) is 0 Å².